The van der Waals surface area contributed by atoms with Crippen molar-refractivity contribution in [2.24, 2.45) is 11.1 Å². The Labute approximate surface area is 123 Å². The van der Waals surface area contributed by atoms with E-state index in [4.69, 9.17) is 5.73 Å². The van der Waals surface area contributed by atoms with Gasteiger partial charge in [-0.2, -0.15) is 0 Å². The molecule has 5 heteroatoms. The van der Waals surface area contributed by atoms with Crippen LogP contribution in [-0.4, -0.2) is 54.8 Å². The zero-order valence-electron chi connectivity index (χ0n) is 13.7. The van der Waals surface area contributed by atoms with Crippen LogP contribution in [0.1, 0.15) is 47.0 Å². The highest BCUT2D eigenvalue weighted by atomic mass is 16.2. The molecule has 0 aromatic heterocycles. The Balaban J connectivity index is 4.08. The van der Waals surface area contributed by atoms with Crippen LogP contribution in [0.25, 0.3) is 0 Å². The molecule has 0 aliphatic heterocycles. The molecule has 0 saturated carbocycles. The van der Waals surface area contributed by atoms with Gasteiger partial charge in [0.15, 0.2) is 0 Å². The van der Waals surface area contributed by atoms with Gasteiger partial charge in [-0.25, -0.2) is 0 Å². The van der Waals surface area contributed by atoms with Crippen LogP contribution < -0.4 is 5.73 Å². The average molecular weight is 285 g/mol. The third-order valence-corrected chi connectivity index (χ3v) is 3.54. The molecule has 0 aromatic carbocycles. The summed E-state index contributed by atoms with van der Waals surface area (Å²) in [6.07, 6.45) is 1.48. The monoisotopic (exact) mass is 285 g/mol. The van der Waals surface area contributed by atoms with Crippen molar-refractivity contribution in [2.75, 3.05) is 33.2 Å². The summed E-state index contributed by atoms with van der Waals surface area (Å²) in [6, 6.07) is 0. The number of carbonyl (C=O) groups is 2. The molecule has 2 amide bonds. The average Bonchev–Trinajstić information content (AvgIpc) is 2.39. The summed E-state index contributed by atoms with van der Waals surface area (Å²) < 4.78 is 0. The van der Waals surface area contributed by atoms with Gasteiger partial charge in [-0.05, 0) is 32.2 Å². The molecule has 0 aliphatic carbocycles. The van der Waals surface area contributed by atoms with E-state index in [0.29, 0.717) is 32.4 Å². The Morgan fingerprint density at radius 2 is 1.55 bits per heavy atom. The first-order valence-electron chi connectivity index (χ1n) is 7.49. The normalized spacial score (nSPS) is 11.3. The molecule has 20 heavy (non-hydrogen) atoms. The van der Waals surface area contributed by atoms with E-state index in [2.05, 4.69) is 0 Å². The van der Waals surface area contributed by atoms with Crippen molar-refractivity contribution in [2.45, 2.75) is 47.0 Å². The Kier molecular flexibility index (Phi) is 8.46. The number of hydrogen-bond donors (Lipinski definition) is 1. The fraction of sp³-hybridized carbons (Fsp3) is 0.867. The Morgan fingerprint density at radius 1 is 1.05 bits per heavy atom. The fourth-order valence-corrected chi connectivity index (χ4v) is 2.11. The maximum Gasteiger partial charge on any atom is 0.222 e. The Bertz CT molecular complexity index is 312. The molecule has 0 fully saturated rings. The zero-order chi connectivity index (χ0) is 15.8. The number of rotatable bonds is 9. The van der Waals surface area contributed by atoms with Crippen LogP contribution in [-0.2, 0) is 9.59 Å². The molecule has 0 unspecified atom stereocenters. The minimum Gasteiger partial charge on any atom is -0.345 e. The van der Waals surface area contributed by atoms with Crippen molar-refractivity contribution in [1.29, 1.82) is 0 Å². The molecule has 5 nitrogen and oxygen atoms in total. The van der Waals surface area contributed by atoms with Crippen molar-refractivity contribution in [3.63, 3.8) is 0 Å². The van der Waals surface area contributed by atoms with E-state index in [1.54, 1.807) is 16.8 Å². The maximum absolute atomic E-state index is 12.0. The number of nitrogens with two attached hydrogens (primary N) is 1. The minimum absolute atomic E-state index is 0.0680. The zero-order valence-corrected chi connectivity index (χ0v) is 13.7. The lowest BCUT2D eigenvalue weighted by Crippen LogP contribution is -2.39. The molecule has 2 N–H and O–H groups in total. The molecule has 0 heterocycles. The lowest BCUT2D eigenvalue weighted by atomic mass is 9.93. The standard InChI is InChI=1S/C15H31N3O2/c1-6-18(7-2)14(20)10-8-9-13(19)17(5)12-15(3,4)11-16/h6-12,16H2,1-5H3. The molecule has 0 radical (unpaired) electrons. The van der Waals surface area contributed by atoms with Crippen LogP contribution in [0.15, 0.2) is 0 Å². The second-order valence-corrected chi connectivity index (χ2v) is 6.04. The van der Waals surface area contributed by atoms with Gasteiger partial charge in [-0.15, -0.1) is 0 Å². The summed E-state index contributed by atoms with van der Waals surface area (Å²) in [7, 11) is 1.80. The van der Waals surface area contributed by atoms with E-state index in [1.807, 2.05) is 27.7 Å². The molecule has 0 bridgehead atoms. The van der Waals surface area contributed by atoms with Crippen molar-refractivity contribution >= 4 is 11.8 Å². The van der Waals surface area contributed by atoms with E-state index < -0.39 is 0 Å². The first-order valence-corrected chi connectivity index (χ1v) is 7.49. The third-order valence-electron chi connectivity index (χ3n) is 3.54. The van der Waals surface area contributed by atoms with Crippen LogP contribution in [0.4, 0.5) is 0 Å². The van der Waals surface area contributed by atoms with Crippen LogP contribution in [0.3, 0.4) is 0 Å². The lowest BCUT2D eigenvalue weighted by Gasteiger charge is -2.29. The molecule has 0 aromatic rings. The van der Waals surface area contributed by atoms with Gasteiger partial charge >= 0.3 is 0 Å². The summed E-state index contributed by atoms with van der Waals surface area (Å²) in [5.74, 6) is 0.214. The molecule has 0 rings (SSSR count). The summed E-state index contributed by atoms with van der Waals surface area (Å²) in [6.45, 7) is 10.7. The van der Waals surface area contributed by atoms with Gasteiger partial charge in [0.1, 0.15) is 0 Å². The quantitative estimate of drug-likeness (QED) is 0.697. The SMILES string of the molecule is CCN(CC)C(=O)CCCC(=O)N(C)CC(C)(C)CN. The largest absolute Gasteiger partial charge is 0.345 e. The maximum atomic E-state index is 12.0. The van der Waals surface area contributed by atoms with E-state index in [-0.39, 0.29) is 17.2 Å². The molecule has 0 aliphatic rings. The molecule has 0 saturated heterocycles. The second-order valence-electron chi connectivity index (χ2n) is 6.04. The van der Waals surface area contributed by atoms with Crippen LogP contribution in [0.5, 0.6) is 0 Å². The number of hydrogen-bond acceptors (Lipinski definition) is 3. The van der Waals surface area contributed by atoms with Crippen molar-refractivity contribution in [3.05, 3.63) is 0 Å². The summed E-state index contributed by atoms with van der Waals surface area (Å²) in [5, 5.41) is 0. The topological polar surface area (TPSA) is 66.6 Å². The first-order chi connectivity index (χ1) is 9.27. The first kappa shape index (κ1) is 18.9. The van der Waals surface area contributed by atoms with Gasteiger partial charge in [0, 0.05) is 39.5 Å². The molecule has 118 valence electrons. The molecular formula is C15H31N3O2. The highest BCUT2D eigenvalue weighted by Crippen LogP contribution is 2.15. The van der Waals surface area contributed by atoms with E-state index in [9.17, 15) is 9.59 Å². The lowest BCUT2D eigenvalue weighted by molar-refractivity contribution is -0.132. The molecule has 0 spiro atoms. The van der Waals surface area contributed by atoms with E-state index >= 15 is 0 Å². The number of carbonyl (C=O) groups excluding carboxylic acids is 2. The second kappa shape index (κ2) is 8.95. The highest BCUT2D eigenvalue weighted by molar-refractivity contribution is 5.78. The van der Waals surface area contributed by atoms with Gasteiger partial charge in [0.25, 0.3) is 0 Å². The van der Waals surface area contributed by atoms with Gasteiger partial charge < -0.3 is 15.5 Å². The van der Waals surface area contributed by atoms with Crippen LogP contribution in [0, 0.1) is 5.41 Å². The predicted octanol–water partition coefficient (Wildman–Crippen LogP) is 1.47. The van der Waals surface area contributed by atoms with Gasteiger partial charge in [0.2, 0.25) is 11.8 Å². The van der Waals surface area contributed by atoms with Crippen molar-refractivity contribution < 1.29 is 9.59 Å². The fourth-order valence-electron chi connectivity index (χ4n) is 2.11. The summed E-state index contributed by atoms with van der Waals surface area (Å²) >= 11 is 0. The van der Waals surface area contributed by atoms with Crippen LogP contribution in [0.2, 0.25) is 0 Å². The third kappa shape index (κ3) is 6.89. The van der Waals surface area contributed by atoms with E-state index in [0.717, 1.165) is 13.1 Å². The Morgan fingerprint density at radius 3 is 2.00 bits per heavy atom. The highest BCUT2D eigenvalue weighted by Gasteiger charge is 2.21. The van der Waals surface area contributed by atoms with Gasteiger partial charge in [-0.3, -0.25) is 9.59 Å². The smallest absolute Gasteiger partial charge is 0.222 e. The van der Waals surface area contributed by atoms with Crippen molar-refractivity contribution in [1.82, 2.24) is 9.80 Å². The van der Waals surface area contributed by atoms with Gasteiger partial charge in [0.05, 0.1) is 0 Å². The molecule has 0 atom stereocenters. The summed E-state index contributed by atoms with van der Waals surface area (Å²) in [4.78, 5) is 27.3. The molecular weight excluding hydrogens is 254 g/mol. The predicted molar refractivity (Wildman–Crippen MR) is 82.3 cm³/mol. The Hall–Kier alpha value is -1.10. The van der Waals surface area contributed by atoms with Crippen LogP contribution >= 0.6 is 0 Å². The van der Waals surface area contributed by atoms with E-state index in [1.165, 1.54) is 0 Å². The number of nitrogens with zero attached hydrogens (tertiary/aromatic N) is 2. The van der Waals surface area contributed by atoms with Crippen molar-refractivity contribution in [3.8, 4) is 0 Å². The number of amides is 2. The minimum atomic E-state index is -0.0680. The van der Waals surface area contributed by atoms with Gasteiger partial charge in [-0.1, -0.05) is 13.8 Å². The summed E-state index contributed by atoms with van der Waals surface area (Å²) in [5.41, 5.74) is 5.60.